The van der Waals surface area contributed by atoms with Crippen LogP contribution in [0, 0.1) is 0 Å². The molecule has 0 aliphatic heterocycles. The summed E-state index contributed by atoms with van der Waals surface area (Å²) < 4.78 is 26.9. The molecule has 2 rings (SSSR count). The van der Waals surface area contributed by atoms with Gasteiger partial charge >= 0.3 is 5.97 Å². The molecule has 0 amide bonds. The van der Waals surface area contributed by atoms with Crippen LogP contribution >= 0.6 is 27.3 Å². The van der Waals surface area contributed by atoms with Crippen molar-refractivity contribution >= 4 is 43.3 Å². The fourth-order valence-electron chi connectivity index (χ4n) is 2.16. The molecule has 0 bridgehead atoms. The number of hydrogen-bond donors (Lipinski definition) is 3. The van der Waals surface area contributed by atoms with E-state index in [1.807, 2.05) is 0 Å². The molecule has 6 nitrogen and oxygen atoms in total. The minimum absolute atomic E-state index is 0.0555. The van der Waals surface area contributed by atoms with E-state index in [1.54, 1.807) is 0 Å². The Morgan fingerprint density at radius 1 is 1.45 bits per heavy atom. The predicted octanol–water partition coefficient (Wildman–Crippen LogP) is 1.79. The summed E-state index contributed by atoms with van der Waals surface area (Å²) in [6.07, 6.45) is 2.90. The Morgan fingerprint density at radius 2 is 2.05 bits per heavy atom. The van der Waals surface area contributed by atoms with Crippen LogP contribution in [0.2, 0.25) is 0 Å². The molecular formula is C11H14BrNO5S2. The van der Waals surface area contributed by atoms with Crippen molar-refractivity contribution in [3.05, 3.63) is 14.7 Å². The van der Waals surface area contributed by atoms with Crippen molar-refractivity contribution in [2.75, 3.05) is 6.54 Å². The van der Waals surface area contributed by atoms with E-state index < -0.39 is 21.6 Å². The maximum absolute atomic E-state index is 12.1. The Kier molecular flexibility index (Phi) is 4.55. The number of carboxylic acids is 1. The monoisotopic (exact) mass is 383 g/mol. The minimum Gasteiger partial charge on any atom is -0.477 e. The number of carboxylic acid groups (broad SMARTS) is 1. The third kappa shape index (κ3) is 3.40. The number of aliphatic hydroxyl groups is 1. The van der Waals surface area contributed by atoms with Crippen molar-refractivity contribution in [1.29, 1.82) is 0 Å². The van der Waals surface area contributed by atoms with Crippen molar-refractivity contribution < 1.29 is 23.4 Å². The van der Waals surface area contributed by atoms with Crippen molar-refractivity contribution in [3.63, 3.8) is 0 Å². The molecule has 1 saturated carbocycles. The summed E-state index contributed by atoms with van der Waals surface area (Å²) in [4.78, 5) is 10.7. The van der Waals surface area contributed by atoms with Crippen LogP contribution in [0.4, 0.5) is 0 Å². The molecule has 1 heterocycles. The lowest BCUT2D eigenvalue weighted by Crippen LogP contribution is -2.40. The highest BCUT2D eigenvalue weighted by Crippen LogP contribution is 2.33. The van der Waals surface area contributed by atoms with Gasteiger partial charge in [-0.2, -0.15) is 0 Å². The molecule has 112 valence electrons. The van der Waals surface area contributed by atoms with Gasteiger partial charge in [0.25, 0.3) is 0 Å². The van der Waals surface area contributed by atoms with Crippen molar-refractivity contribution in [3.8, 4) is 0 Å². The van der Waals surface area contributed by atoms with Crippen LogP contribution in [0.15, 0.2) is 14.7 Å². The summed E-state index contributed by atoms with van der Waals surface area (Å²) in [5.41, 5.74) is -0.995. The molecule has 0 unspecified atom stereocenters. The first-order valence-electron chi connectivity index (χ1n) is 5.98. The molecular weight excluding hydrogens is 370 g/mol. The highest BCUT2D eigenvalue weighted by molar-refractivity contribution is 9.11. The van der Waals surface area contributed by atoms with Gasteiger partial charge < -0.3 is 10.2 Å². The molecule has 0 saturated heterocycles. The first-order valence-corrected chi connectivity index (χ1v) is 9.07. The number of nitrogens with one attached hydrogen (secondary N) is 1. The molecule has 0 aromatic carbocycles. The Morgan fingerprint density at radius 3 is 2.55 bits per heavy atom. The molecule has 1 aromatic heterocycles. The van der Waals surface area contributed by atoms with E-state index >= 15 is 0 Å². The number of sulfonamides is 1. The summed E-state index contributed by atoms with van der Waals surface area (Å²) >= 11 is 3.90. The lowest BCUT2D eigenvalue weighted by molar-refractivity contribution is 0.0531. The largest absolute Gasteiger partial charge is 0.477 e. The van der Waals surface area contributed by atoms with Gasteiger partial charge in [0.05, 0.1) is 9.39 Å². The van der Waals surface area contributed by atoms with Gasteiger partial charge in [0.1, 0.15) is 9.77 Å². The van der Waals surface area contributed by atoms with E-state index in [2.05, 4.69) is 20.7 Å². The second-order valence-corrected chi connectivity index (χ2v) is 8.92. The maximum Gasteiger partial charge on any atom is 0.345 e. The quantitative estimate of drug-likeness (QED) is 0.718. The van der Waals surface area contributed by atoms with Gasteiger partial charge in [-0.25, -0.2) is 17.9 Å². The Labute approximate surface area is 129 Å². The topological polar surface area (TPSA) is 104 Å². The van der Waals surface area contributed by atoms with Gasteiger partial charge in [0, 0.05) is 6.54 Å². The van der Waals surface area contributed by atoms with Crippen LogP contribution in [0.1, 0.15) is 35.4 Å². The summed E-state index contributed by atoms with van der Waals surface area (Å²) in [5, 5.41) is 19.0. The Balaban J connectivity index is 2.16. The number of aromatic carboxylic acids is 1. The number of rotatable bonds is 5. The van der Waals surface area contributed by atoms with E-state index in [4.69, 9.17) is 5.11 Å². The minimum atomic E-state index is -3.84. The molecule has 1 fully saturated rings. The molecule has 0 radical (unpaired) electrons. The molecule has 0 atom stereocenters. The first kappa shape index (κ1) is 15.9. The highest BCUT2D eigenvalue weighted by atomic mass is 79.9. The van der Waals surface area contributed by atoms with E-state index in [0.717, 1.165) is 30.2 Å². The van der Waals surface area contributed by atoms with Crippen LogP contribution in [0.25, 0.3) is 0 Å². The van der Waals surface area contributed by atoms with Crippen molar-refractivity contribution in [2.24, 2.45) is 0 Å². The Bertz CT molecular complexity index is 619. The third-order valence-electron chi connectivity index (χ3n) is 3.28. The standard InChI is InChI=1S/C11H14BrNO5S2/c12-9-8(5-7(19-9)10(14)15)20(17,18)13-6-11(16)3-1-2-4-11/h5,13,16H,1-4,6H2,(H,14,15). The maximum atomic E-state index is 12.1. The second-order valence-electron chi connectivity index (χ2n) is 4.81. The molecule has 1 aliphatic rings. The van der Waals surface area contributed by atoms with Gasteiger partial charge in [0.15, 0.2) is 0 Å². The summed E-state index contributed by atoms with van der Waals surface area (Å²) in [5.74, 6) is -1.17. The fraction of sp³-hybridized carbons (Fsp3) is 0.545. The van der Waals surface area contributed by atoms with Gasteiger partial charge in [-0.3, -0.25) is 0 Å². The van der Waals surface area contributed by atoms with Crippen LogP contribution in [0.5, 0.6) is 0 Å². The third-order valence-corrected chi connectivity index (χ3v) is 6.92. The first-order chi connectivity index (χ1) is 9.23. The normalized spacial score (nSPS) is 18.3. The SMILES string of the molecule is O=C(O)c1cc(S(=O)(=O)NCC2(O)CCCC2)c(Br)s1. The summed E-state index contributed by atoms with van der Waals surface area (Å²) in [7, 11) is -3.84. The van der Waals surface area contributed by atoms with Gasteiger partial charge in [-0.1, -0.05) is 12.8 Å². The lowest BCUT2D eigenvalue weighted by Gasteiger charge is -2.22. The van der Waals surface area contributed by atoms with Gasteiger partial charge in [-0.05, 0) is 34.8 Å². The smallest absolute Gasteiger partial charge is 0.345 e. The number of halogens is 1. The number of thiophene rings is 1. The van der Waals surface area contributed by atoms with Crippen LogP contribution in [-0.2, 0) is 10.0 Å². The fourth-order valence-corrected chi connectivity index (χ4v) is 5.68. The average molecular weight is 384 g/mol. The average Bonchev–Trinajstić information content (AvgIpc) is 2.94. The van der Waals surface area contributed by atoms with Crippen LogP contribution in [0.3, 0.4) is 0 Å². The molecule has 3 N–H and O–H groups in total. The highest BCUT2D eigenvalue weighted by Gasteiger charge is 2.33. The molecule has 0 spiro atoms. The van der Waals surface area contributed by atoms with Gasteiger partial charge in [-0.15, -0.1) is 11.3 Å². The van der Waals surface area contributed by atoms with E-state index in [0.29, 0.717) is 12.8 Å². The summed E-state index contributed by atoms with van der Waals surface area (Å²) in [6.45, 7) is -0.0555. The zero-order valence-electron chi connectivity index (χ0n) is 10.4. The van der Waals surface area contributed by atoms with Crippen LogP contribution in [-0.4, -0.2) is 36.7 Å². The van der Waals surface area contributed by atoms with Gasteiger partial charge in [0.2, 0.25) is 10.0 Å². The molecule has 1 aliphatic carbocycles. The van der Waals surface area contributed by atoms with E-state index in [9.17, 15) is 18.3 Å². The zero-order chi connectivity index (χ0) is 15.0. The van der Waals surface area contributed by atoms with Crippen molar-refractivity contribution in [1.82, 2.24) is 4.72 Å². The predicted molar refractivity (Wildman–Crippen MR) is 77.6 cm³/mol. The number of carbonyl (C=O) groups is 1. The van der Waals surface area contributed by atoms with E-state index in [-0.39, 0.29) is 20.1 Å². The molecule has 9 heteroatoms. The second kappa shape index (κ2) is 5.72. The zero-order valence-corrected chi connectivity index (χ0v) is 13.6. The lowest BCUT2D eigenvalue weighted by atomic mass is 10.0. The Hall–Kier alpha value is -0.480. The molecule has 1 aromatic rings. The summed E-state index contributed by atoms with van der Waals surface area (Å²) in [6, 6.07) is 1.11. The number of hydrogen-bond acceptors (Lipinski definition) is 5. The van der Waals surface area contributed by atoms with E-state index in [1.165, 1.54) is 0 Å². The van der Waals surface area contributed by atoms with Crippen molar-refractivity contribution in [2.45, 2.75) is 36.2 Å². The molecule has 20 heavy (non-hydrogen) atoms. The van der Waals surface area contributed by atoms with Crippen LogP contribution < -0.4 is 4.72 Å².